The monoisotopic (exact) mass is 607 g/mol. The zero-order valence-electron chi connectivity index (χ0n) is 31.9. The molecule has 3 rings (SSSR count). The van der Waals surface area contributed by atoms with E-state index in [2.05, 4.69) is 177 Å². The Hall–Kier alpha value is -3.03. The highest BCUT2D eigenvalue weighted by Crippen LogP contribution is 2.51. The van der Waals surface area contributed by atoms with Gasteiger partial charge in [-0.1, -0.05) is 172 Å². The van der Waals surface area contributed by atoms with E-state index in [0.29, 0.717) is 5.69 Å². The van der Waals surface area contributed by atoms with Crippen LogP contribution in [-0.4, -0.2) is 0 Å². The van der Waals surface area contributed by atoms with Gasteiger partial charge < -0.3 is 0 Å². The minimum absolute atomic E-state index is 0.00790. The fourth-order valence-corrected chi connectivity index (χ4v) is 6.20. The van der Waals surface area contributed by atoms with Crippen LogP contribution in [0.15, 0.2) is 47.6 Å². The maximum atomic E-state index is 10.1. The quantitative estimate of drug-likeness (QED) is 0.162. The van der Waals surface area contributed by atoms with Crippen LogP contribution >= 0.6 is 0 Å². The van der Waals surface area contributed by atoms with Crippen molar-refractivity contribution in [1.82, 2.24) is 0 Å². The Morgan fingerprint density at radius 3 is 0.911 bits per heavy atom. The Kier molecular flexibility index (Phi) is 9.43. The summed E-state index contributed by atoms with van der Waals surface area (Å²) in [6.07, 6.45) is 0. The summed E-state index contributed by atoms with van der Waals surface area (Å²) in [5.74, 6) is 0. The van der Waals surface area contributed by atoms with Crippen molar-refractivity contribution in [3.63, 3.8) is 0 Å². The molecule has 0 aliphatic heterocycles. The molecule has 45 heavy (non-hydrogen) atoms. The summed E-state index contributed by atoms with van der Waals surface area (Å²) in [5, 5.41) is 4.57. The van der Waals surface area contributed by atoms with Crippen LogP contribution in [0.2, 0.25) is 0 Å². The van der Waals surface area contributed by atoms with Crippen LogP contribution in [0.3, 0.4) is 0 Å². The van der Waals surface area contributed by atoms with Crippen molar-refractivity contribution in [3.8, 4) is 22.3 Å². The Balaban J connectivity index is 2.72. The lowest BCUT2D eigenvalue weighted by Crippen LogP contribution is -2.23. The lowest BCUT2D eigenvalue weighted by Gasteiger charge is -2.35. The molecule has 0 spiro atoms. The molecule has 0 fully saturated rings. The van der Waals surface area contributed by atoms with Gasteiger partial charge in [-0.2, -0.15) is 0 Å². The Labute approximate surface area is 275 Å². The van der Waals surface area contributed by atoms with Crippen LogP contribution in [0.4, 0.5) is 5.69 Å². The van der Waals surface area contributed by atoms with Crippen molar-refractivity contribution in [1.29, 1.82) is 0 Å². The first-order valence-electron chi connectivity index (χ1n) is 16.7. The van der Waals surface area contributed by atoms with Crippen molar-refractivity contribution in [2.45, 2.75) is 157 Å². The molecule has 0 aliphatic carbocycles. The van der Waals surface area contributed by atoms with Gasteiger partial charge >= 0.3 is 0 Å². The SMILES string of the molecule is CC(C)(C)c1cc(C(C)(C)C)c(-c2cccc(-c3c(C(C)(C)C)cc(C(C)(C)C)cc3C(C)(C)C)c2N=[N+]=[N-])c(C(C)(C)C)c1. The van der Waals surface area contributed by atoms with Crippen molar-refractivity contribution in [2.24, 2.45) is 5.11 Å². The Morgan fingerprint density at radius 2 is 0.711 bits per heavy atom. The zero-order chi connectivity index (χ0) is 34.7. The predicted molar refractivity (Wildman–Crippen MR) is 198 cm³/mol. The minimum Gasteiger partial charge on any atom is -0.0610 e. The summed E-state index contributed by atoms with van der Waals surface area (Å²) in [5.41, 5.74) is 22.4. The fraction of sp³-hybridized carbons (Fsp3) is 0.571. The largest absolute Gasteiger partial charge is 0.0610 e. The van der Waals surface area contributed by atoms with Crippen LogP contribution in [0.25, 0.3) is 32.7 Å². The van der Waals surface area contributed by atoms with Crippen LogP contribution in [0.1, 0.15) is 158 Å². The molecule has 0 saturated carbocycles. The van der Waals surface area contributed by atoms with E-state index < -0.39 is 0 Å². The molecule has 3 aromatic carbocycles. The molecule has 0 bridgehead atoms. The molecule has 0 atom stereocenters. The van der Waals surface area contributed by atoms with Crippen LogP contribution in [-0.2, 0) is 32.5 Å². The summed E-state index contributed by atoms with van der Waals surface area (Å²) < 4.78 is 0. The summed E-state index contributed by atoms with van der Waals surface area (Å²) in [6, 6.07) is 16.1. The third-order valence-electron chi connectivity index (χ3n) is 8.96. The molecule has 0 N–H and O–H groups in total. The molecule has 3 nitrogen and oxygen atoms in total. The first kappa shape index (κ1) is 36.4. The van der Waals surface area contributed by atoms with Gasteiger partial charge in [-0.05, 0) is 93.7 Å². The molecule has 244 valence electrons. The number of nitrogens with zero attached hydrogens (tertiary/aromatic N) is 3. The number of benzene rings is 3. The molecule has 0 radical (unpaired) electrons. The highest BCUT2D eigenvalue weighted by molar-refractivity contribution is 5.93. The number of azide groups is 1. The Bertz CT molecular complexity index is 1440. The van der Waals surface area contributed by atoms with Gasteiger partial charge in [0.15, 0.2) is 0 Å². The normalized spacial score (nSPS) is 13.6. The minimum atomic E-state index is -0.137. The molecule has 0 heterocycles. The molecule has 0 unspecified atom stereocenters. The second-order valence-electron chi connectivity index (χ2n) is 19.3. The molecule has 0 aromatic heterocycles. The second kappa shape index (κ2) is 11.6. The third kappa shape index (κ3) is 7.69. The van der Waals surface area contributed by atoms with Crippen molar-refractivity contribution in [2.75, 3.05) is 0 Å². The predicted octanol–water partition coefficient (Wildman–Crippen LogP) is 13.7. The Morgan fingerprint density at radius 1 is 0.444 bits per heavy atom. The van der Waals surface area contributed by atoms with Crippen LogP contribution < -0.4 is 0 Å². The maximum absolute atomic E-state index is 10.1. The van der Waals surface area contributed by atoms with Crippen LogP contribution in [0, 0.1) is 0 Å². The molecule has 0 saturated heterocycles. The zero-order valence-corrected chi connectivity index (χ0v) is 31.9. The van der Waals surface area contributed by atoms with Crippen molar-refractivity contribution < 1.29 is 0 Å². The van der Waals surface area contributed by atoms with Crippen LogP contribution in [0.5, 0.6) is 0 Å². The van der Waals surface area contributed by atoms with Gasteiger partial charge in [0.05, 0.1) is 5.69 Å². The van der Waals surface area contributed by atoms with Crippen molar-refractivity contribution in [3.05, 3.63) is 86.3 Å². The topological polar surface area (TPSA) is 48.8 Å². The highest BCUT2D eigenvalue weighted by atomic mass is 15.1. The molecular formula is C42H61N3. The molecule has 3 aromatic rings. The van der Waals surface area contributed by atoms with Gasteiger partial charge in [-0.3, -0.25) is 0 Å². The smallest absolute Gasteiger partial charge is 0.0532 e. The first-order valence-corrected chi connectivity index (χ1v) is 16.7. The third-order valence-corrected chi connectivity index (χ3v) is 8.96. The summed E-state index contributed by atoms with van der Waals surface area (Å²) in [4.78, 5) is 3.48. The summed E-state index contributed by atoms with van der Waals surface area (Å²) in [7, 11) is 0. The summed E-state index contributed by atoms with van der Waals surface area (Å²) in [6.45, 7) is 41.3. The maximum Gasteiger partial charge on any atom is 0.0532 e. The van der Waals surface area contributed by atoms with E-state index in [-0.39, 0.29) is 32.5 Å². The van der Waals surface area contributed by atoms with E-state index in [1.165, 1.54) is 44.5 Å². The van der Waals surface area contributed by atoms with Gasteiger partial charge in [0.1, 0.15) is 0 Å². The van der Waals surface area contributed by atoms with Gasteiger partial charge in [0, 0.05) is 4.91 Å². The molecule has 0 aliphatic rings. The lowest BCUT2D eigenvalue weighted by molar-refractivity contribution is 0.550. The van der Waals surface area contributed by atoms with E-state index in [0.717, 1.165) is 11.1 Å². The average Bonchev–Trinajstić information content (AvgIpc) is 2.84. The standard InChI is InChI=1S/C42H61N3/c1-37(2,3)26-22-30(39(7,8)9)34(31(23-26)40(10,11)12)28-20-19-21-29(36(28)44-45-43)35-32(41(13,14)15)24-27(38(4,5)6)25-33(35)42(16,17)18/h19-25H,1-18H3. The van der Waals surface area contributed by atoms with E-state index in [4.69, 9.17) is 0 Å². The number of hydrogen-bond donors (Lipinski definition) is 0. The van der Waals surface area contributed by atoms with Gasteiger partial charge in [-0.15, -0.1) is 0 Å². The van der Waals surface area contributed by atoms with Crippen molar-refractivity contribution >= 4 is 5.69 Å². The van der Waals surface area contributed by atoms with E-state index in [9.17, 15) is 5.53 Å². The van der Waals surface area contributed by atoms with E-state index in [1.807, 2.05) is 0 Å². The first-order chi connectivity index (χ1) is 20.1. The molecule has 0 amide bonds. The number of hydrogen-bond acceptors (Lipinski definition) is 1. The molecule has 3 heteroatoms. The lowest BCUT2D eigenvalue weighted by atomic mass is 9.69. The fourth-order valence-electron chi connectivity index (χ4n) is 6.20. The van der Waals surface area contributed by atoms with Gasteiger partial charge in [0.2, 0.25) is 0 Å². The van der Waals surface area contributed by atoms with Gasteiger partial charge in [0.25, 0.3) is 0 Å². The molecular weight excluding hydrogens is 546 g/mol. The second-order valence-corrected chi connectivity index (χ2v) is 19.3. The highest BCUT2D eigenvalue weighted by Gasteiger charge is 2.34. The van der Waals surface area contributed by atoms with E-state index in [1.54, 1.807) is 0 Å². The number of rotatable bonds is 3. The van der Waals surface area contributed by atoms with Gasteiger partial charge in [-0.25, -0.2) is 0 Å². The average molecular weight is 608 g/mol. The summed E-state index contributed by atoms with van der Waals surface area (Å²) >= 11 is 0. The van der Waals surface area contributed by atoms with E-state index >= 15 is 0 Å².